The minimum absolute atomic E-state index is 0.105. The van der Waals surface area contributed by atoms with Crippen molar-refractivity contribution in [1.29, 1.82) is 0 Å². The number of carbonyl (C=O) groups is 1. The molecule has 0 radical (unpaired) electrons. The SMILES string of the molecule is [C-]#[N+]C[C@H]1CN[C@@H](C)CN1C(=O)OCc1ccccc1. The second-order valence-corrected chi connectivity index (χ2v) is 5.00. The second kappa shape index (κ2) is 6.92. The van der Waals surface area contributed by atoms with Gasteiger partial charge in [0.2, 0.25) is 6.54 Å². The third-order valence-corrected chi connectivity index (χ3v) is 3.35. The van der Waals surface area contributed by atoms with Gasteiger partial charge in [0.1, 0.15) is 12.6 Å². The van der Waals surface area contributed by atoms with E-state index in [1.165, 1.54) is 0 Å². The van der Waals surface area contributed by atoms with Gasteiger partial charge in [-0.15, -0.1) is 0 Å². The van der Waals surface area contributed by atoms with Crippen molar-refractivity contribution in [2.45, 2.75) is 25.6 Å². The van der Waals surface area contributed by atoms with Crippen LogP contribution in [0.5, 0.6) is 0 Å². The number of carbonyl (C=O) groups excluding carboxylic acids is 1. The Morgan fingerprint density at radius 3 is 2.95 bits per heavy atom. The molecule has 5 nitrogen and oxygen atoms in total. The summed E-state index contributed by atoms with van der Waals surface area (Å²) in [5.74, 6) is 0. The average molecular weight is 273 g/mol. The largest absolute Gasteiger partial charge is 0.445 e. The molecule has 0 bridgehead atoms. The summed E-state index contributed by atoms with van der Waals surface area (Å²) in [6.45, 7) is 10.8. The maximum atomic E-state index is 12.2. The number of nitrogens with zero attached hydrogens (tertiary/aromatic N) is 2. The predicted molar refractivity (Wildman–Crippen MR) is 76.1 cm³/mol. The summed E-state index contributed by atoms with van der Waals surface area (Å²) in [7, 11) is 0. The van der Waals surface area contributed by atoms with E-state index in [4.69, 9.17) is 11.3 Å². The molecule has 106 valence electrons. The monoisotopic (exact) mass is 273 g/mol. The summed E-state index contributed by atoms with van der Waals surface area (Å²) < 4.78 is 5.35. The van der Waals surface area contributed by atoms with E-state index in [2.05, 4.69) is 10.2 Å². The highest BCUT2D eigenvalue weighted by molar-refractivity contribution is 5.68. The van der Waals surface area contributed by atoms with Crippen molar-refractivity contribution in [1.82, 2.24) is 10.2 Å². The van der Waals surface area contributed by atoms with E-state index < -0.39 is 0 Å². The Labute approximate surface area is 119 Å². The van der Waals surface area contributed by atoms with Crippen molar-refractivity contribution in [3.05, 3.63) is 47.3 Å². The second-order valence-electron chi connectivity index (χ2n) is 5.00. The molecule has 20 heavy (non-hydrogen) atoms. The molecular weight excluding hydrogens is 254 g/mol. The Morgan fingerprint density at radius 1 is 1.50 bits per heavy atom. The molecule has 1 N–H and O–H groups in total. The van der Waals surface area contributed by atoms with Gasteiger partial charge in [-0.1, -0.05) is 30.3 Å². The summed E-state index contributed by atoms with van der Waals surface area (Å²) >= 11 is 0. The summed E-state index contributed by atoms with van der Waals surface area (Å²) in [6.07, 6.45) is -0.337. The molecule has 0 aromatic heterocycles. The molecule has 1 aliphatic rings. The van der Waals surface area contributed by atoms with Gasteiger partial charge >= 0.3 is 6.09 Å². The summed E-state index contributed by atoms with van der Waals surface area (Å²) in [4.78, 5) is 17.2. The van der Waals surface area contributed by atoms with Crippen LogP contribution in [0.25, 0.3) is 4.85 Å². The van der Waals surface area contributed by atoms with Gasteiger partial charge in [-0.2, -0.15) is 0 Å². The quantitative estimate of drug-likeness (QED) is 0.856. The van der Waals surface area contributed by atoms with E-state index in [-0.39, 0.29) is 24.8 Å². The molecule has 1 fully saturated rings. The molecule has 2 atom stereocenters. The number of amides is 1. The highest BCUT2D eigenvalue weighted by atomic mass is 16.6. The normalized spacial score (nSPS) is 22.1. The lowest BCUT2D eigenvalue weighted by Crippen LogP contribution is -2.58. The van der Waals surface area contributed by atoms with E-state index in [1.807, 2.05) is 37.3 Å². The minimum Gasteiger partial charge on any atom is -0.445 e. The number of piperazine rings is 1. The maximum Gasteiger partial charge on any atom is 0.410 e. The van der Waals surface area contributed by atoms with Crippen LogP contribution in [-0.4, -0.2) is 42.7 Å². The Hall–Kier alpha value is -2.06. The standard InChI is InChI=1S/C15H19N3O2/c1-12-10-18(14(8-16-2)9-17-12)15(19)20-11-13-6-4-3-5-7-13/h3-7,12,14,17H,8-11H2,1H3/t12-,14-/m0/s1. The first-order valence-corrected chi connectivity index (χ1v) is 6.74. The van der Waals surface area contributed by atoms with Gasteiger partial charge in [-0.05, 0) is 12.5 Å². The molecule has 1 aliphatic heterocycles. The Morgan fingerprint density at radius 2 is 2.25 bits per heavy atom. The van der Waals surface area contributed by atoms with Gasteiger partial charge < -0.3 is 14.9 Å². The lowest BCUT2D eigenvalue weighted by atomic mass is 10.1. The molecule has 0 spiro atoms. The van der Waals surface area contributed by atoms with Crippen LogP contribution in [0.4, 0.5) is 4.79 Å². The third-order valence-electron chi connectivity index (χ3n) is 3.35. The number of rotatable bonds is 3. The molecule has 0 unspecified atom stereocenters. The minimum atomic E-state index is -0.337. The Balaban J connectivity index is 1.93. The van der Waals surface area contributed by atoms with Crippen LogP contribution in [0.1, 0.15) is 12.5 Å². The summed E-state index contributed by atoms with van der Waals surface area (Å²) in [6, 6.07) is 9.72. The molecule has 2 rings (SSSR count). The molecule has 1 heterocycles. The Kier molecular flexibility index (Phi) is 4.97. The van der Waals surface area contributed by atoms with Crippen LogP contribution in [0.2, 0.25) is 0 Å². The van der Waals surface area contributed by atoms with Crippen molar-refractivity contribution < 1.29 is 9.53 Å². The molecule has 1 aromatic rings. The fourth-order valence-corrected chi connectivity index (χ4v) is 2.25. The van der Waals surface area contributed by atoms with Crippen LogP contribution in [0.15, 0.2) is 30.3 Å². The first-order chi connectivity index (χ1) is 9.70. The topological polar surface area (TPSA) is 45.9 Å². The van der Waals surface area contributed by atoms with Crippen molar-refractivity contribution in [3.8, 4) is 0 Å². The van der Waals surface area contributed by atoms with Gasteiger partial charge in [-0.25, -0.2) is 11.4 Å². The van der Waals surface area contributed by atoms with E-state index in [9.17, 15) is 4.79 Å². The van der Waals surface area contributed by atoms with Crippen LogP contribution >= 0.6 is 0 Å². The van der Waals surface area contributed by atoms with Gasteiger partial charge in [0, 0.05) is 19.1 Å². The number of ether oxygens (including phenoxy) is 1. The van der Waals surface area contributed by atoms with Gasteiger partial charge in [-0.3, -0.25) is 4.90 Å². The Bertz CT molecular complexity index is 484. The van der Waals surface area contributed by atoms with E-state index in [1.54, 1.807) is 4.90 Å². The lowest BCUT2D eigenvalue weighted by molar-refractivity contribution is 0.0680. The first kappa shape index (κ1) is 14.4. The zero-order valence-corrected chi connectivity index (χ0v) is 11.6. The van der Waals surface area contributed by atoms with Crippen LogP contribution < -0.4 is 5.32 Å². The van der Waals surface area contributed by atoms with Crippen LogP contribution in [-0.2, 0) is 11.3 Å². The molecule has 1 aromatic carbocycles. The average Bonchev–Trinajstić information content (AvgIpc) is 2.48. The molecular formula is C15H19N3O2. The van der Waals surface area contributed by atoms with Crippen LogP contribution in [0, 0.1) is 6.57 Å². The molecule has 5 heteroatoms. The number of nitrogens with one attached hydrogen (secondary N) is 1. The lowest BCUT2D eigenvalue weighted by Gasteiger charge is -2.36. The van der Waals surface area contributed by atoms with Gasteiger partial charge in [0.15, 0.2) is 0 Å². The fourth-order valence-electron chi connectivity index (χ4n) is 2.25. The summed E-state index contributed by atoms with van der Waals surface area (Å²) in [5, 5.41) is 3.28. The zero-order valence-electron chi connectivity index (χ0n) is 11.6. The van der Waals surface area contributed by atoms with Gasteiger partial charge in [0.05, 0.1) is 0 Å². The number of benzene rings is 1. The van der Waals surface area contributed by atoms with Crippen molar-refractivity contribution in [2.75, 3.05) is 19.6 Å². The van der Waals surface area contributed by atoms with E-state index in [0.29, 0.717) is 19.6 Å². The zero-order chi connectivity index (χ0) is 14.4. The molecule has 1 saturated heterocycles. The summed E-state index contributed by atoms with van der Waals surface area (Å²) in [5.41, 5.74) is 0.964. The fraction of sp³-hybridized carbons (Fsp3) is 0.467. The van der Waals surface area contributed by atoms with E-state index in [0.717, 1.165) is 5.56 Å². The molecule has 1 amide bonds. The smallest absolute Gasteiger partial charge is 0.410 e. The molecule has 0 aliphatic carbocycles. The molecule has 0 saturated carbocycles. The highest BCUT2D eigenvalue weighted by Gasteiger charge is 2.32. The van der Waals surface area contributed by atoms with Gasteiger partial charge in [0.25, 0.3) is 0 Å². The number of hydrogen-bond donors (Lipinski definition) is 1. The van der Waals surface area contributed by atoms with Crippen LogP contribution in [0.3, 0.4) is 0 Å². The first-order valence-electron chi connectivity index (χ1n) is 6.74. The number of hydrogen-bond acceptors (Lipinski definition) is 3. The van der Waals surface area contributed by atoms with E-state index >= 15 is 0 Å². The van der Waals surface area contributed by atoms with Crippen molar-refractivity contribution in [3.63, 3.8) is 0 Å². The predicted octanol–water partition coefficient (Wildman–Crippen LogP) is 1.90. The van der Waals surface area contributed by atoms with Crippen molar-refractivity contribution >= 4 is 6.09 Å². The third kappa shape index (κ3) is 3.72. The maximum absolute atomic E-state index is 12.2. The highest BCUT2D eigenvalue weighted by Crippen LogP contribution is 2.11. The van der Waals surface area contributed by atoms with Crippen molar-refractivity contribution in [2.24, 2.45) is 0 Å².